The Kier molecular flexibility index (Phi) is 4.91. The summed E-state index contributed by atoms with van der Waals surface area (Å²) in [6.45, 7) is 2.91. The van der Waals surface area contributed by atoms with E-state index in [9.17, 15) is 4.79 Å². The topological polar surface area (TPSA) is 33.5 Å². The molecule has 0 atom stereocenters. The summed E-state index contributed by atoms with van der Waals surface area (Å²) < 4.78 is 0. The Hall–Kier alpha value is -1.35. The zero-order valence-electron chi connectivity index (χ0n) is 12.9. The van der Waals surface area contributed by atoms with Crippen molar-refractivity contribution in [1.29, 1.82) is 0 Å². The van der Waals surface area contributed by atoms with Crippen LogP contribution in [-0.2, 0) is 4.79 Å². The van der Waals surface area contributed by atoms with E-state index in [2.05, 4.69) is 29.6 Å². The quantitative estimate of drug-likeness (QED) is 0.876. The molecule has 1 amide bonds. The highest BCUT2D eigenvalue weighted by molar-refractivity contribution is 5.91. The lowest BCUT2D eigenvalue weighted by molar-refractivity contribution is -0.896. The summed E-state index contributed by atoms with van der Waals surface area (Å²) in [5, 5.41) is 3.05. The number of quaternary nitrogens is 1. The molecule has 3 heteroatoms. The van der Waals surface area contributed by atoms with Gasteiger partial charge in [-0.25, -0.2) is 0 Å². The third-order valence-corrected chi connectivity index (χ3v) is 4.99. The van der Waals surface area contributed by atoms with Gasteiger partial charge in [-0.1, -0.05) is 25.0 Å². The van der Waals surface area contributed by atoms with Crippen molar-refractivity contribution in [3.05, 3.63) is 29.8 Å². The average Bonchev–Trinajstić information content (AvgIpc) is 3.03. The number of amides is 1. The van der Waals surface area contributed by atoms with E-state index < -0.39 is 0 Å². The number of hydrogen-bond acceptors (Lipinski definition) is 1. The molecule has 114 valence electrons. The summed E-state index contributed by atoms with van der Waals surface area (Å²) in [6, 6.07) is 8.52. The first kappa shape index (κ1) is 14.6. The molecule has 2 aliphatic rings. The van der Waals surface area contributed by atoms with Gasteiger partial charge in [0.2, 0.25) is 0 Å². The zero-order valence-corrected chi connectivity index (χ0v) is 12.9. The molecule has 1 aromatic carbocycles. The van der Waals surface area contributed by atoms with Crippen LogP contribution in [0, 0.1) is 0 Å². The molecule has 0 spiro atoms. The summed E-state index contributed by atoms with van der Waals surface area (Å²) in [7, 11) is 0. The van der Waals surface area contributed by atoms with E-state index in [1.807, 2.05) is 0 Å². The van der Waals surface area contributed by atoms with Crippen LogP contribution in [0.25, 0.3) is 0 Å². The molecular formula is C18H27N2O+. The smallest absolute Gasteiger partial charge is 0.279 e. The van der Waals surface area contributed by atoms with Gasteiger partial charge in [-0.3, -0.25) is 4.79 Å². The minimum absolute atomic E-state index is 0.153. The lowest BCUT2D eigenvalue weighted by Gasteiger charge is -2.22. The second kappa shape index (κ2) is 7.08. The second-order valence-electron chi connectivity index (χ2n) is 6.64. The van der Waals surface area contributed by atoms with Gasteiger partial charge >= 0.3 is 0 Å². The molecule has 1 heterocycles. The minimum Gasteiger partial charge on any atom is -0.327 e. The van der Waals surface area contributed by atoms with Crippen LogP contribution in [0.1, 0.15) is 56.4 Å². The molecule has 1 saturated carbocycles. The number of piperidine rings is 1. The van der Waals surface area contributed by atoms with Gasteiger partial charge in [0.05, 0.1) is 13.1 Å². The van der Waals surface area contributed by atoms with Gasteiger partial charge in [0, 0.05) is 5.69 Å². The van der Waals surface area contributed by atoms with Crippen LogP contribution in [0.15, 0.2) is 24.3 Å². The second-order valence-corrected chi connectivity index (χ2v) is 6.64. The van der Waals surface area contributed by atoms with Crippen LogP contribution >= 0.6 is 0 Å². The Labute approximate surface area is 127 Å². The molecule has 0 aromatic heterocycles. The lowest BCUT2D eigenvalue weighted by atomic mass is 9.98. The third kappa shape index (κ3) is 4.07. The van der Waals surface area contributed by atoms with Gasteiger partial charge in [0.15, 0.2) is 6.54 Å². The van der Waals surface area contributed by atoms with E-state index in [0.717, 1.165) is 24.7 Å². The van der Waals surface area contributed by atoms with Crippen molar-refractivity contribution in [3.63, 3.8) is 0 Å². The van der Waals surface area contributed by atoms with Crippen molar-refractivity contribution in [1.82, 2.24) is 0 Å². The van der Waals surface area contributed by atoms with Crippen LogP contribution in [0.4, 0.5) is 5.69 Å². The first-order valence-electron chi connectivity index (χ1n) is 8.54. The molecule has 1 aliphatic heterocycles. The Morgan fingerprint density at radius 2 is 1.67 bits per heavy atom. The van der Waals surface area contributed by atoms with Crippen LogP contribution in [0.5, 0.6) is 0 Å². The fourth-order valence-electron chi connectivity index (χ4n) is 3.76. The number of likely N-dealkylation sites (tertiary alicyclic amines) is 1. The molecule has 2 fully saturated rings. The summed E-state index contributed by atoms with van der Waals surface area (Å²) in [5.41, 5.74) is 2.38. The Morgan fingerprint density at radius 3 is 2.33 bits per heavy atom. The number of carbonyl (C=O) groups excluding carboxylic acids is 1. The van der Waals surface area contributed by atoms with Gasteiger partial charge in [-0.05, 0) is 55.7 Å². The van der Waals surface area contributed by atoms with Gasteiger partial charge in [0.1, 0.15) is 0 Å². The predicted octanol–water partition coefficient (Wildman–Crippen LogP) is 2.35. The van der Waals surface area contributed by atoms with Crippen molar-refractivity contribution in [3.8, 4) is 0 Å². The van der Waals surface area contributed by atoms with Crippen LogP contribution in [0.3, 0.4) is 0 Å². The number of anilines is 1. The van der Waals surface area contributed by atoms with Crippen molar-refractivity contribution in [2.45, 2.75) is 50.9 Å². The van der Waals surface area contributed by atoms with E-state index >= 15 is 0 Å². The molecular weight excluding hydrogens is 260 g/mol. The first-order valence-corrected chi connectivity index (χ1v) is 8.54. The summed E-state index contributed by atoms with van der Waals surface area (Å²) in [4.78, 5) is 13.5. The average molecular weight is 287 g/mol. The largest absolute Gasteiger partial charge is 0.327 e. The van der Waals surface area contributed by atoms with Crippen molar-refractivity contribution < 1.29 is 9.69 Å². The Morgan fingerprint density at radius 1 is 1.00 bits per heavy atom. The normalized spacial score (nSPS) is 20.6. The predicted molar refractivity (Wildman–Crippen MR) is 85.7 cm³/mol. The maximum absolute atomic E-state index is 12.1. The molecule has 2 N–H and O–H groups in total. The zero-order chi connectivity index (χ0) is 14.5. The fraction of sp³-hybridized carbons (Fsp3) is 0.611. The van der Waals surface area contributed by atoms with E-state index in [4.69, 9.17) is 0 Å². The Bertz CT molecular complexity index is 457. The van der Waals surface area contributed by atoms with Crippen molar-refractivity contribution in [2.24, 2.45) is 0 Å². The molecule has 1 saturated heterocycles. The molecule has 1 aliphatic carbocycles. The summed E-state index contributed by atoms with van der Waals surface area (Å²) in [6.07, 6.45) is 9.22. The summed E-state index contributed by atoms with van der Waals surface area (Å²) >= 11 is 0. The SMILES string of the molecule is O=C(C[NH+]1CCCCC1)Nc1ccc(C2CCCC2)cc1. The first-order chi connectivity index (χ1) is 10.3. The van der Waals surface area contributed by atoms with E-state index in [-0.39, 0.29) is 5.91 Å². The maximum Gasteiger partial charge on any atom is 0.279 e. The standard InChI is InChI=1S/C18H26N2O/c21-18(14-20-12-4-1-5-13-20)19-17-10-8-16(9-11-17)15-6-2-3-7-15/h8-11,15H,1-7,12-14H2,(H,19,21)/p+1. The van der Waals surface area contributed by atoms with Gasteiger partial charge in [-0.2, -0.15) is 0 Å². The molecule has 0 radical (unpaired) electrons. The number of rotatable bonds is 4. The molecule has 0 bridgehead atoms. The third-order valence-electron chi connectivity index (χ3n) is 4.99. The van der Waals surface area contributed by atoms with E-state index in [1.54, 1.807) is 0 Å². The highest BCUT2D eigenvalue weighted by Crippen LogP contribution is 2.34. The number of carbonyl (C=O) groups is 1. The highest BCUT2D eigenvalue weighted by atomic mass is 16.2. The molecule has 1 aromatic rings. The maximum atomic E-state index is 12.1. The van der Waals surface area contributed by atoms with Crippen molar-refractivity contribution in [2.75, 3.05) is 25.0 Å². The highest BCUT2D eigenvalue weighted by Gasteiger charge is 2.18. The van der Waals surface area contributed by atoms with Gasteiger partial charge in [-0.15, -0.1) is 0 Å². The minimum atomic E-state index is 0.153. The number of nitrogens with one attached hydrogen (secondary N) is 2. The molecule has 3 nitrogen and oxygen atoms in total. The monoisotopic (exact) mass is 287 g/mol. The van der Waals surface area contributed by atoms with Crippen molar-refractivity contribution >= 4 is 11.6 Å². The van der Waals surface area contributed by atoms with E-state index in [0.29, 0.717) is 6.54 Å². The van der Waals surface area contributed by atoms with E-state index in [1.165, 1.54) is 55.4 Å². The van der Waals surface area contributed by atoms with Crippen LogP contribution in [-0.4, -0.2) is 25.5 Å². The fourth-order valence-corrected chi connectivity index (χ4v) is 3.76. The molecule has 21 heavy (non-hydrogen) atoms. The van der Waals surface area contributed by atoms with Gasteiger partial charge < -0.3 is 10.2 Å². The van der Waals surface area contributed by atoms with Crippen LogP contribution in [0.2, 0.25) is 0 Å². The summed E-state index contributed by atoms with van der Waals surface area (Å²) in [5.74, 6) is 0.896. The molecule has 0 unspecified atom stereocenters. The molecule has 3 rings (SSSR count). The van der Waals surface area contributed by atoms with Gasteiger partial charge in [0.25, 0.3) is 5.91 Å². The number of benzene rings is 1. The lowest BCUT2D eigenvalue weighted by Crippen LogP contribution is -3.13. The Balaban J connectivity index is 1.50. The van der Waals surface area contributed by atoms with Crippen LogP contribution < -0.4 is 10.2 Å². The number of hydrogen-bond donors (Lipinski definition) is 2.